The lowest BCUT2D eigenvalue weighted by atomic mass is 10.1. The van der Waals surface area contributed by atoms with Gasteiger partial charge in [-0.2, -0.15) is 13.2 Å². The van der Waals surface area contributed by atoms with Crippen molar-refractivity contribution in [3.8, 4) is 0 Å². The van der Waals surface area contributed by atoms with Crippen LogP contribution in [0.3, 0.4) is 0 Å². The van der Waals surface area contributed by atoms with Crippen LogP contribution in [0.25, 0.3) is 0 Å². The van der Waals surface area contributed by atoms with E-state index >= 15 is 0 Å². The first-order chi connectivity index (χ1) is 6.42. The van der Waals surface area contributed by atoms with Gasteiger partial charge in [0, 0.05) is 25.2 Å². The van der Waals surface area contributed by atoms with Gasteiger partial charge in [0.05, 0.1) is 13.2 Å². The Hall–Kier alpha value is -0.330. The molecule has 6 heteroatoms. The lowest BCUT2D eigenvalue weighted by Crippen LogP contribution is -2.58. The van der Waals surface area contributed by atoms with Crippen LogP contribution in [-0.4, -0.2) is 54.5 Å². The third-order valence-corrected chi connectivity index (χ3v) is 2.32. The lowest BCUT2D eigenvalue weighted by molar-refractivity contribution is -0.155. The third kappa shape index (κ3) is 3.43. The summed E-state index contributed by atoms with van der Waals surface area (Å²) in [5.74, 6) is 0. The van der Waals surface area contributed by atoms with Gasteiger partial charge in [0.25, 0.3) is 0 Å². The van der Waals surface area contributed by atoms with Crippen LogP contribution in [0.15, 0.2) is 0 Å². The van der Waals surface area contributed by atoms with E-state index in [2.05, 4.69) is 5.32 Å². The first kappa shape index (κ1) is 11.7. The van der Waals surface area contributed by atoms with Crippen molar-refractivity contribution in [2.45, 2.75) is 25.2 Å². The molecular formula is C8H15F3N2O. The van der Waals surface area contributed by atoms with Crippen LogP contribution in [0.5, 0.6) is 0 Å². The Kier molecular flexibility index (Phi) is 3.74. The van der Waals surface area contributed by atoms with E-state index in [0.717, 1.165) is 0 Å². The highest BCUT2D eigenvalue weighted by Gasteiger charge is 2.35. The van der Waals surface area contributed by atoms with Crippen LogP contribution in [0.2, 0.25) is 0 Å². The van der Waals surface area contributed by atoms with Gasteiger partial charge in [0.15, 0.2) is 0 Å². The number of alkyl halides is 3. The van der Waals surface area contributed by atoms with E-state index in [1.54, 1.807) is 0 Å². The molecule has 0 bridgehead atoms. The van der Waals surface area contributed by atoms with Crippen LogP contribution >= 0.6 is 0 Å². The second kappa shape index (κ2) is 4.46. The maximum Gasteiger partial charge on any atom is 0.401 e. The first-order valence-electron chi connectivity index (χ1n) is 4.57. The van der Waals surface area contributed by atoms with Gasteiger partial charge in [-0.15, -0.1) is 0 Å². The number of aliphatic hydroxyl groups is 1. The molecule has 1 aliphatic rings. The summed E-state index contributed by atoms with van der Waals surface area (Å²) < 4.78 is 36.4. The zero-order chi connectivity index (χ0) is 10.8. The maximum atomic E-state index is 12.1. The van der Waals surface area contributed by atoms with E-state index in [9.17, 15) is 13.2 Å². The number of rotatable bonds is 2. The first-order valence-corrected chi connectivity index (χ1v) is 4.57. The minimum Gasteiger partial charge on any atom is -0.395 e. The molecule has 0 aromatic rings. The van der Waals surface area contributed by atoms with Crippen LogP contribution in [0.1, 0.15) is 6.92 Å². The smallest absolute Gasteiger partial charge is 0.395 e. The quantitative estimate of drug-likeness (QED) is 0.686. The molecule has 2 N–H and O–H groups in total. The van der Waals surface area contributed by atoms with Crippen molar-refractivity contribution in [3.63, 3.8) is 0 Å². The molecule has 1 aliphatic heterocycles. The Bertz CT molecular complexity index is 186. The van der Waals surface area contributed by atoms with E-state index in [0.29, 0.717) is 13.1 Å². The molecule has 1 saturated heterocycles. The monoisotopic (exact) mass is 212 g/mol. The number of halogens is 3. The predicted octanol–water partition coefficient (Wildman–Crippen LogP) is 0.203. The fraction of sp³-hybridized carbons (Fsp3) is 1.00. The summed E-state index contributed by atoms with van der Waals surface area (Å²) in [6.07, 6.45) is -4.19. The SMILES string of the molecule is CC1CN(CC(F)(F)F)C(CO)CN1. The molecule has 0 radical (unpaired) electrons. The number of nitrogens with one attached hydrogen (secondary N) is 1. The normalized spacial score (nSPS) is 30.6. The van der Waals surface area contributed by atoms with E-state index in [1.165, 1.54) is 4.90 Å². The molecule has 0 aliphatic carbocycles. The van der Waals surface area contributed by atoms with Crippen molar-refractivity contribution < 1.29 is 18.3 Å². The maximum absolute atomic E-state index is 12.1. The minimum atomic E-state index is -4.19. The molecule has 0 amide bonds. The van der Waals surface area contributed by atoms with E-state index in [1.807, 2.05) is 6.92 Å². The Labute approximate surface area is 80.9 Å². The van der Waals surface area contributed by atoms with E-state index in [-0.39, 0.29) is 12.6 Å². The molecule has 3 nitrogen and oxygen atoms in total. The molecule has 0 saturated carbocycles. The molecule has 0 aromatic heterocycles. The van der Waals surface area contributed by atoms with Crippen molar-refractivity contribution in [2.75, 3.05) is 26.2 Å². The highest BCUT2D eigenvalue weighted by atomic mass is 19.4. The average molecular weight is 212 g/mol. The van der Waals surface area contributed by atoms with Gasteiger partial charge < -0.3 is 10.4 Å². The van der Waals surface area contributed by atoms with Gasteiger partial charge in [-0.1, -0.05) is 0 Å². The van der Waals surface area contributed by atoms with Gasteiger partial charge in [0.2, 0.25) is 0 Å². The summed E-state index contributed by atoms with van der Waals surface area (Å²) in [6.45, 7) is 1.38. The largest absolute Gasteiger partial charge is 0.401 e. The third-order valence-electron chi connectivity index (χ3n) is 2.32. The summed E-state index contributed by atoms with van der Waals surface area (Å²) >= 11 is 0. The molecule has 0 aromatic carbocycles. The van der Waals surface area contributed by atoms with Crippen LogP contribution in [0.4, 0.5) is 13.2 Å². The van der Waals surface area contributed by atoms with Gasteiger partial charge in [-0.25, -0.2) is 0 Å². The Balaban J connectivity index is 2.53. The molecule has 0 spiro atoms. The summed E-state index contributed by atoms with van der Waals surface area (Å²) in [7, 11) is 0. The molecule has 2 atom stereocenters. The fourth-order valence-electron chi connectivity index (χ4n) is 1.64. The fourth-order valence-corrected chi connectivity index (χ4v) is 1.64. The molecule has 14 heavy (non-hydrogen) atoms. The van der Waals surface area contributed by atoms with Crippen molar-refractivity contribution in [2.24, 2.45) is 0 Å². The molecule has 1 fully saturated rings. The van der Waals surface area contributed by atoms with Gasteiger partial charge in [-0.05, 0) is 6.92 Å². The van der Waals surface area contributed by atoms with Crippen LogP contribution in [-0.2, 0) is 0 Å². The van der Waals surface area contributed by atoms with E-state index in [4.69, 9.17) is 5.11 Å². The van der Waals surface area contributed by atoms with Crippen LogP contribution in [0, 0.1) is 0 Å². The molecule has 1 rings (SSSR count). The predicted molar refractivity (Wildman–Crippen MR) is 46.0 cm³/mol. The molecule has 1 heterocycles. The zero-order valence-electron chi connectivity index (χ0n) is 8.01. The molecule has 2 unspecified atom stereocenters. The summed E-state index contributed by atoms with van der Waals surface area (Å²) in [5, 5.41) is 11.9. The van der Waals surface area contributed by atoms with Gasteiger partial charge in [0.1, 0.15) is 0 Å². The average Bonchev–Trinajstić information content (AvgIpc) is 2.01. The van der Waals surface area contributed by atoms with Crippen molar-refractivity contribution in [1.82, 2.24) is 10.2 Å². The highest BCUT2D eigenvalue weighted by Crippen LogP contribution is 2.19. The second-order valence-electron chi connectivity index (χ2n) is 3.69. The number of hydrogen-bond donors (Lipinski definition) is 2. The lowest BCUT2D eigenvalue weighted by Gasteiger charge is -2.38. The Morgan fingerprint density at radius 3 is 2.64 bits per heavy atom. The van der Waals surface area contributed by atoms with Crippen molar-refractivity contribution in [1.29, 1.82) is 0 Å². The topological polar surface area (TPSA) is 35.5 Å². The van der Waals surface area contributed by atoms with Crippen molar-refractivity contribution >= 4 is 0 Å². The zero-order valence-corrected chi connectivity index (χ0v) is 8.01. The highest BCUT2D eigenvalue weighted by molar-refractivity contribution is 4.84. The minimum absolute atomic E-state index is 0.0418. The number of aliphatic hydroxyl groups excluding tert-OH is 1. The summed E-state index contributed by atoms with van der Waals surface area (Å²) in [4.78, 5) is 1.28. The summed E-state index contributed by atoms with van der Waals surface area (Å²) in [5.41, 5.74) is 0. The van der Waals surface area contributed by atoms with E-state index < -0.39 is 18.8 Å². The standard InChI is InChI=1S/C8H15F3N2O/c1-6-3-13(5-8(9,10)11)7(4-14)2-12-6/h6-7,12,14H,2-5H2,1H3. The number of hydrogen-bond acceptors (Lipinski definition) is 3. The summed E-state index contributed by atoms with van der Waals surface area (Å²) in [6, 6.07) is -0.382. The Morgan fingerprint density at radius 1 is 1.50 bits per heavy atom. The van der Waals surface area contributed by atoms with Crippen LogP contribution < -0.4 is 5.32 Å². The number of piperazine rings is 1. The van der Waals surface area contributed by atoms with Gasteiger partial charge >= 0.3 is 6.18 Å². The van der Waals surface area contributed by atoms with Crippen molar-refractivity contribution in [3.05, 3.63) is 0 Å². The Morgan fingerprint density at radius 2 is 2.14 bits per heavy atom. The second-order valence-corrected chi connectivity index (χ2v) is 3.69. The van der Waals surface area contributed by atoms with Gasteiger partial charge in [-0.3, -0.25) is 4.90 Å². The molecule has 84 valence electrons. The molecular weight excluding hydrogens is 197 g/mol. The number of nitrogens with zero attached hydrogens (tertiary/aromatic N) is 1.